The van der Waals surface area contributed by atoms with Gasteiger partial charge in [-0.25, -0.2) is 4.79 Å². The Balaban J connectivity index is 1.35. The molecular formula is C23H28F3N3O2. The lowest BCUT2D eigenvalue weighted by Gasteiger charge is -2.26. The highest BCUT2D eigenvalue weighted by atomic mass is 19.4. The van der Waals surface area contributed by atoms with Crippen molar-refractivity contribution in [2.45, 2.75) is 38.4 Å². The normalized spacial score (nSPS) is 14.8. The Morgan fingerprint density at radius 3 is 2.58 bits per heavy atom. The molecule has 0 aromatic heterocycles. The molecule has 1 heterocycles. The van der Waals surface area contributed by atoms with Crippen LogP contribution >= 0.6 is 0 Å². The number of rotatable bonds is 8. The fourth-order valence-corrected chi connectivity index (χ4v) is 3.52. The zero-order valence-corrected chi connectivity index (χ0v) is 17.4. The summed E-state index contributed by atoms with van der Waals surface area (Å²) < 4.78 is 44.0. The first-order valence-corrected chi connectivity index (χ1v) is 10.6. The van der Waals surface area contributed by atoms with Crippen LogP contribution in [-0.4, -0.2) is 37.2 Å². The number of carbonyl (C=O) groups is 1. The second-order valence-electron chi connectivity index (χ2n) is 7.65. The average molecular weight is 435 g/mol. The molecule has 2 N–H and O–H groups in total. The molecule has 5 nitrogen and oxygen atoms in total. The average Bonchev–Trinajstić information content (AvgIpc) is 2.74. The number of hydrogen-bond donors (Lipinski definition) is 2. The highest BCUT2D eigenvalue weighted by molar-refractivity contribution is 5.89. The maximum absolute atomic E-state index is 12.7. The number of benzene rings is 2. The lowest BCUT2D eigenvalue weighted by molar-refractivity contribution is -0.137. The van der Waals surface area contributed by atoms with Crippen molar-refractivity contribution in [3.8, 4) is 5.75 Å². The van der Waals surface area contributed by atoms with Crippen LogP contribution in [0.1, 0.15) is 36.8 Å². The first-order chi connectivity index (χ1) is 14.9. The van der Waals surface area contributed by atoms with Gasteiger partial charge in [0, 0.05) is 18.8 Å². The lowest BCUT2D eigenvalue weighted by Crippen LogP contribution is -2.30. The first-order valence-electron chi connectivity index (χ1n) is 10.6. The van der Waals surface area contributed by atoms with E-state index in [4.69, 9.17) is 4.74 Å². The van der Waals surface area contributed by atoms with E-state index in [2.05, 4.69) is 21.6 Å². The number of nitrogens with zero attached hydrogens (tertiary/aromatic N) is 1. The number of amides is 2. The molecule has 2 aromatic carbocycles. The molecule has 31 heavy (non-hydrogen) atoms. The van der Waals surface area contributed by atoms with Gasteiger partial charge in [0.2, 0.25) is 0 Å². The molecule has 0 aliphatic carbocycles. The van der Waals surface area contributed by atoms with E-state index in [9.17, 15) is 18.0 Å². The summed E-state index contributed by atoms with van der Waals surface area (Å²) in [7, 11) is 0. The fraction of sp³-hybridized carbons (Fsp3) is 0.435. The van der Waals surface area contributed by atoms with E-state index in [1.807, 2.05) is 18.2 Å². The van der Waals surface area contributed by atoms with Gasteiger partial charge in [0.05, 0.1) is 12.2 Å². The van der Waals surface area contributed by atoms with Crippen LogP contribution in [0, 0.1) is 0 Å². The fourth-order valence-electron chi connectivity index (χ4n) is 3.52. The Morgan fingerprint density at radius 1 is 1.03 bits per heavy atom. The third kappa shape index (κ3) is 7.79. The molecule has 1 fully saturated rings. The summed E-state index contributed by atoms with van der Waals surface area (Å²) in [5.74, 6) is 0.794. The van der Waals surface area contributed by atoms with Crippen LogP contribution in [0.25, 0.3) is 0 Å². The van der Waals surface area contributed by atoms with Crippen molar-refractivity contribution in [3.63, 3.8) is 0 Å². The molecule has 0 radical (unpaired) electrons. The first kappa shape index (κ1) is 22.9. The van der Waals surface area contributed by atoms with Crippen LogP contribution in [0.3, 0.4) is 0 Å². The topological polar surface area (TPSA) is 53.6 Å². The minimum Gasteiger partial charge on any atom is -0.494 e. The number of urea groups is 1. The summed E-state index contributed by atoms with van der Waals surface area (Å²) in [6.45, 7) is 3.97. The minimum absolute atomic E-state index is 0.0918. The van der Waals surface area contributed by atoms with Crippen molar-refractivity contribution >= 4 is 11.7 Å². The number of carbonyl (C=O) groups excluding carboxylic acids is 1. The van der Waals surface area contributed by atoms with Gasteiger partial charge in [-0.1, -0.05) is 24.6 Å². The molecule has 1 aliphatic rings. The summed E-state index contributed by atoms with van der Waals surface area (Å²) in [6.07, 6.45) is -0.0519. The predicted molar refractivity (Wildman–Crippen MR) is 114 cm³/mol. The Labute approximate surface area is 180 Å². The van der Waals surface area contributed by atoms with Gasteiger partial charge >= 0.3 is 12.2 Å². The smallest absolute Gasteiger partial charge is 0.416 e. The van der Waals surface area contributed by atoms with Crippen molar-refractivity contribution in [1.29, 1.82) is 0 Å². The molecule has 0 saturated carbocycles. The highest BCUT2D eigenvalue weighted by Crippen LogP contribution is 2.30. The van der Waals surface area contributed by atoms with Crippen molar-refractivity contribution in [3.05, 3.63) is 59.7 Å². The SMILES string of the molecule is O=C(NCCCOc1cccc(CN2CCCCC2)c1)Nc1cccc(C(F)(F)F)c1. The Bertz CT molecular complexity index is 852. The maximum atomic E-state index is 12.7. The van der Waals surface area contributed by atoms with Crippen LogP contribution in [0.4, 0.5) is 23.7 Å². The molecule has 1 saturated heterocycles. The van der Waals surface area contributed by atoms with E-state index in [0.717, 1.165) is 37.5 Å². The van der Waals surface area contributed by atoms with Crippen LogP contribution in [0.5, 0.6) is 5.75 Å². The highest BCUT2D eigenvalue weighted by Gasteiger charge is 2.30. The van der Waals surface area contributed by atoms with Crippen LogP contribution in [-0.2, 0) is 12.7 Å². The van der Waals surface area contributed by atoms with Crippen molar-refractivity contribution in [2.75, 3.05) is 31.6 Å². The van der Waals surface area contributed by atoms with Gasteiger partial charge < -0.3 is 15.4 Å². The van der Waals surface area contributed by atoms with E-state index < -0.39 is 17.8 Å². The number of halogens is 3. The number of ether oxygens (including phenoxy) is 1. The molecular weight excluding hydrogens is 407 g/mol. The third-order valence-electron chi connectivity index (χ3n) is 5.08. The number of piperidine rings is 1. The van der Waals surface area contributed by atoms with Gasteiger partial charge in [0.1, 0.15) is 5.75 Å². The second kappa shape index (κ2) is 11.0. The second-order valence-corrected chi connectivity index (χ2v) is 7.65. The molecule has 8 heteroatoms. The van der Waals surface area contributed by atoms with E-state index in [-0.39, 0.29) is 5.69 Å². The van der Waals surface area contributed by atoms with Crippen molar-refractivity contribution in [2.24, 2.45) is 0 Å². The molecule has 1 aliphatic heterocycles. The van der Waals surface area contributed by atoms with Gasteiger partial charge in [0.15, 0.2) is 0 Å². The van der Waals surface area contributed by atoms with Gasteiger partial charge in [-0.15, -0.1) is 0 Å². The molecule has 0 bridgehead atoms. The maximum Gasteiger partial charge on any atom is 0.416 e. The van der Waals surface area contributed by atoms with Crippen molar-refractivity contribution in [1.82, 2.24) is 10.2 Å². The number of nitrogens with one attached hydrogen (secondary N) is 2. The van der Waals surface area contributed by atoms with Crippen LogP contribution in [0.15, 0.2) is 48.5 Å². The largest absolute Gasteiger partial charge is 0.494 e. The number of likely N-dealkylation sites (tertiary alicyclic amines) is 1. The lowest BCUT2D eigenvalue weighted by atomic mass is 10.1. The standard InChI is InChI=1S/C23H28F3N3O2/c24-23(25,26)19-8-5-9-20(16-19)28-22(30)27-11-6-14-31-21-10-4-7-18(15-21)17-29-12-2-1-3-13-29/h4-5,7-10,15-16H,1-3,6,11-14,17H2,(H2,27,28,30). The molecule has 2 amide bonds. The number of anilines is 1. The molecule has 168 valence electrons. The minimum atomic E-state index is -4.45. The number of alkyl halides is 3. The number of hydrogen-bond acceptors (Lipinski definition) is 3. The van der Waals surface area contributed by atoms with Gasteiger partial charge in [-0.05, 0) is 68.2 Å². The van der Waals surface area contributed by atoms with E-state index in [1.165, 1.54) is 37.0 Å². The van der Waals surface area contributed by atoms with E-state index in [0.29, 0.717) is 19.6 Å². The van der Waals surface area contributed by atoms with E-state index in [1.54, 1.807) is 0 Å². The monoisotopic (exact) mass is 435 g/mol. The Hall–Kier alpha value is -2.74. The predicted octanol–water partition coefficient (Wildman–Crippen LogP) is 5.28. The summed E-state index contributed by atoms with van der Waals surface area (Å²) in [4.78, 5) is 14.3. The zero-order valence-electron chi connectivity index (χ0n) is 17.4. The summed E-state index contributed by atoms with van der Waals surface area (Å²) in [5, 5.41) is 5.04. The molecule has 0 atom stereocenters. The molecule has 3 rings (SSSR count). The van der Waals surface area contributed by atoms with Gasteiger partial charge in [0.25, 0.3) is 0 Å². The Kier molecular flexibility index (Phi) is 8.17. The summed E-state index contributed by atoms with van der Waals surface area (Å²) in [5.41, 5.74) is 0.508. The van der Waals surface area contributed by atoms with Gasteiger partial charge in [-0.2, -0.15) is 13.2 Å². The quantitative estimate of drug-likeness (QED) is 0.555. The summed E-state index contributed by atoms with van der Waals surface area (Å²) >= 11 is 0. The summed E-state index contributed by atoms with van der Waals surface area (Å²) in [6, 6.07) is 12.0. The zero-order chi connectivity index (χ0) is 22.1. The molecule has 0 unspecified atom stereocenters. The van der Waals surface area contributed by atoms with Crippen LogP contribution in [0.2, 0.25) is 0 Å². The molecule has 2 aromatic rings. The molecule has 0 spiro atoms. The van der Waals surface area contributed by atoms with Crippen molar-refractivity contribution < 1.29 is 22.7 Å². The van der Waals surface area contributed by atoms with E-state index >= 15 is 0 Å². The van der Waals surface area contributed by atoms with Gasteiger partial charge in [-0.3, -0.25) is 4.90 Å². The third-order valence-corrected chi connectivity index (χ3v) is 5.08. The Morgan fingerprint density at radius 2 is 1.81 bits per heavy atom. The van der Waals surface area contributed by atoms with Crippen LogP contribution < -0.4 is 15.4 Å².